The van der Waals surface area contributed by atoms with Gasteiger partial charge in [0.2, 0.25) is 0 Å². The minimum absolute atomic E-state index is 0.342. The van der Waals surface area contributed by atoms with E-state index < -0.39 is 0 Å². The Bertz CT molecular complexity index is 905. The molecular weight excluding hydrogens is 353 g/mol. The van der Waals surface area contributed by atoms with Crippen LogP contribution in [0.25, 0.3) is 10.8 Å². The van der Waals surface area contributed by atoms with E-state index in [1.54, 1.807) is 13.2 Å². The molecule has 0 saturated carbocycles. The lowest BCUT2D eigenvalue weighted by Gasteiger charge is -2.13. The summed E-state index contributed by atoms with van der Waals surface area (Å²) in [5.41, 5.74) is 2.52. The first-order valence-electron chi connectivity index (χ1n) is 8.39. The molecule has 0 radical (unpaired) electrons. The molecule has 4 heteroatoms. The highest BCUT2D eigenvalue weighted by Crippen LogP contribution is 2.36. The van der Waals surface area contributed by atoms with E-state index in [4.69, 9.17) is 27.9 Å². The summed E-state index contributed by atoms with van der Waals surface area (Å²) in [5, 5.41) is 7.46. The van der Waals surface area contributed by atoms with Gasteiger partial charge in [0, 0.05) is 22.6 Å². The smallest absolute Gasteiger partial charge is 0.119 e. The molecule has 0 aliphatic carbocycles. The number of rotatable bonds is 3. The third kappa shape index (κ3) is 3.48. The van der Waals surface area contributed by atoms with Gasteiger partial charge in [-0.1, -0.05) is 41.4 Å². The van der Waals surface area contributed by atoms with Crippen molar-refractivity contribution in [1.29, 1.82) is 0 Å². The molecule has 1 aliphatic rings. The van der Waals surface area contributed by atoms with Gasteiger partial charge in [-0.3, -0.25) is 0 Å². The van der Waals surface area contributed by atoms with E-state index in [1.807, 2.05) is 18.2 Å². The Labute approximate surface area is 157 Å². The van der Waals surface area contributed by atoms with Gasteiger partial charge < -0.3 is 10.1 Å². The molecule has 2 nitrogen and oxygen atoms in total. The van der Waals surface area contributed by atoms with E-state index >= 15 is 0 Å². The molecule has 1 fully saturated rings. The summed E-state index contributed by atoms with van der Waals surface area (Å²) < 4.78 is 5.30. The summed E-state index contributed by atoms with van der Waals surface area (Å²) in [6.07, 6.45) is 1.04. The summed E-state index contributed by atoms with van der Waals surface area (Å²) in [5.74, 6) is 1.31. The van der Waals surface area contributed by atoms with E-state index in [1.165, 1.54) is 21.9 Å². The van der Waals surface area contributed by atoms with E-state index in [0.29, 0.717) is 22.0 Å². The molecule has 4 rings (SSSR count). The average molecular weight is 372 g/mol. The fourth-order valence-corrected chi connectivity index (χ4v) is 4.18. The van der Waals surface area contributed by atoms with Crippen LogP contribution in [0, 0.1) is 0 Å². The molecular formula is C21H19Cl2NO. The molecule has 2 atom stereocenters. The largest absolute Gasteiger partial charge is 0.497 e. The van der Waals surface area contributed by atoms with Crippen LogP contribution in [0.4, 0.5) is 0 Å². The molecule has 3 aromatic rings. The molecule has 3 aromatic carbocycles. The number of methoxy groups -OCH3 is 1. The SMILES string of the molecule is COc1ccc2cc(C3CC(c4cc(Cl)cc(Cl)c4)CN3)ccc2c1. The quantitative estimate of drug-likeness (QED) is 0.611. The van der Waals surface area contributed by atoms with Gasteiger partial charge in [0.15, 0.2) is 0 Å². The number of halogens is 2. The first-order valence-corrected chi connectivity index (χ1v) is 9.15. The van der Waals surface area contributed by atoms with Crippen LogP contribution < -0.4 is 10.1 Å². The summed E-state index contributed by atoms with van der Waals surface area (Å²) >= 11 is 12.3. The number of hydrogen-bond donors (Lipinski definition) is 1. The van der Waals surface area contributed by atoms with Crippen molar-refractivity contribution in [3.8, 4) is 5.75 Å². The molecule has 2 unspecified atom stereocenters. The molecule has 128 valence electrons. The van der Waals surface area contributed by atoms with Crippen molar-refractivity contribution in [1.82, 2.24) is 5.32 Å². The van der Waals surface area contributed by atoms with E-state index in [-0.39, 0.29) is 0 Å². The van der Waals surface area contributed by atoms with Gasteiger partial charge >= 0.3 is 0 Å². The second-order valence-corrected chi connectivity index (χ2v) is 7.44. The zero-order chi connectivity index (χ0) is 17.4. The Morgan fingerprint density at radius 3 is 2.36 bits per heavy atom. The molecule has 1 aliphatic heterocycles. The lowest BCUT2D eigenvalue weighted by molar-refractivity contribution is 0.415. The Balaban J connectivity index is 1.57. The monoisotopic (exact) mass is 371 g/mol. The Morgan fingerprint density at radius 2 is 1.60 bits per heavy atom. The fraction of sp³-hybridized carbons (Fsp3) is 0.238. The first kappa shape index (κ1) is 16.7. The summed E-state index contributed by atoms with van der Waals surface area (Å²) in [7, 11) is 1.69. The second-order valence-electron chi connectivity index (χ2n) is 6.57. The highest BCUT2D eigenvalue weighted by atomic mass is 35.5. The van der Waals surface area contributed by atoms with Crippen molar-refractivity contribution in [2.75, 3.05) is 13.7 Å². The van der Waals surface area contributed by atoms with Crippen LogP contribution in [0.5, 0.6) is 5.75 Å². The topological polar surface area (TPSA) is 21.3 Å². The lowest BCUT2D eigenvalue weighted by Crippen LogP contribution is -2.13. The highest BCUT2D eigenvalue weighted by Gasteiger charge is 2.27. The van der Waals surface area contributed by atoms with Crippen LogP contribution in [-0.2, 0) is 0 Å². The second kappa shape index (κ2) is 6.87. The molecule has 1 saturated heterocycles. The molecule has 25 heavy (non-hydrogen) atoms. The van der Waals surface area contributed by atoms with Gasteiger partial charge in [0.25, 0.3) is 0 Å². The van der Waals surface area contributed by atoms with Crippen molar-refractivity contribution in [2.24, 2.45) is 0 Å². The summed E-state index contributed by atoms with van der Waals surface area (Å²) in [4.78, 5) is 0. The average Bonchev–Trinajstić information content (AvgIpc) is 3.10. The van der Waals surface area contributed by atoms with Gasteiger partial charge in [0.05, 0.1) is 7.11 Å². The van der Waals surface area contributed by atoms with Gasteiger partial charge in [-0.05, 0) is 70.6 Å². The van der Waals surface area contributed by atoms with Crippen LogP contribution >= 0.6 is 23.2 Å². The zero-order valence-electron chi connectivity index (χ0n) is 13.9. The number of benzene rings is 3. The third-order valence-corrected chi connectivity index (χ3v) is 5.40. The van der Waals surface area contributed by atoms with Crippen molar-refractivity contribution < 1.29 is 4.74 Å². The maximum atomic E-state index is 6.16. The third-order valence-electron chi connectivity index (χ3n) is 4.96. The Kier molecular flexibility index (Phi) is 4.60. The molecule has 1 N–H and O–H groups in total. The molecule has 0 spiro atoms. The predicted octanol–water partition coefficient (Wildman–Crippen LogP) is 5.97. The van der Waals surface area contributed by atoms with Gasteiger partial charge in [0.1, 0.15) is 5.75 Å². The Morgan fingerprint density at radius 1 is 0.880 bits per heavy atom. The van der Waals surface area contributed by atoms with Crippen molar-refractivity contribution in [3.63, 3.8) is 0 Å². The number of hydrogen-bond acceptors (Lipinski definition) is 2. The summed E-state index contributed by atoms with van der Waals surface area (Å²) in [6.45, 7) is 0.933. The van der Waals surface area contributed by atoms with Crippen molar-refractivity contribution in [2.45, 2.75) is 18.4 Å². The lowest BCUT2D eigenvalue weighted by atomic mass is 9.93. The Hall–Kier alpha value is -1.74. The number of ether oxygens (including phenoxy) is 1. The minimum Gasteiger partial charge on any atom is -0.497 e. The number of nitrogens with one attached hydrogen (secondary N) is 1. The maximum Gasteiger partial charge on any atom is 0.119 e. The minimum atomic E-state index is 0.342. The molecule has 1 heterocycles. The maximum absolute atomic E-state index is 6.16. The number of fused-ring (bicyclic) bond motifs is 1. The van der Waals surface area contributed by atoms with E-state index in [2.05, 4.69) is 35.6 Å². The van der Waals surface area contributed by atoms with Gasteiger partial charge in [-0.2, -0.15) is 0 Å². The van der Waals surface area contributed by atoms with Crippen LogP contribution in [0.2, 0.25) is 10.0 Å². The van der Waals surface area contributed by atoms with E-state index in [9.17, 15) is 0 Å². The standard InChI is InChI=1S/C21H19Cl2NO/c1-25-20-5-4-13-6-15(3-2-14(13)9-20)21-10-17(12-24-21)16-7-18(22)11-19(23)8-16/h2-9,11,17,21,24H,10,12H2,1H3. The van der Waals surface area contributed by atoms with Crippen LogP contribution in [0.3, 0.4) is 0 Å². The van der Waals surface area contributed by atoms with Crippen molar-refractivity contribution in [3.05, 3.63) is 75.8 Å². The fourth-order valence-electron chi connectivity index (χ4n) is 3.64. The zero-order valence-corrected chi connectivity index (χ0v) is 15.4. The molecule has 0 aromatic heterocycles. The van der Waals surface area contributed by atoms with Crippen LogP contribution in [0.15, 0.2) is 54.6 Å². The molecule has 0 bridgehead atoms. The normalized spacial score (nSPS) is 20.1. The first-order chi connectivity index (χ1) is 12.1. The van der Waals surface area contributed by atoms with Gasteiger partial charge in [-0.15, -0.1) is 0 Å². The predicted molar refractivity (Wildman–Crippen MR) is 105 cm³/mol. The molecule has 0 amide bonds. The van der Waals surface area contributed by atoms with Crippen LogP contribution in [-0.4, -0.2) is 13.7 Å². The van der Waals surface area contributed by atoms with Crippen LogP contribution in [0.1, 0.15) is 29.5 Å². The van der Waals surface area contributed by atoms with Gasteiger partial charge in [-0.25, -0.2) is 0 Å². The highest BCUT2D eigenvalue weighted by molar-refractivity contribution is 6.34. The van der Waals surface area contributed by atoms with Crippen molar-refractivity contribution >= 4 is 34.0 Å². The van der Waals surface area contributed by atoms with E-state index in [0.717, 1.165) is 18.7 Å². The summed E-state index contributed by atoms with van der Waals surface area (Å²) in [6, 6.07) is 19.0.